The van der Waals surface area contributed by atoms with Gasteiger partial charge in [0.15, 0.2) is 5.79 Å². The summed E-state index contributed by atoms with van der Waals surface area (Å²) >= 11 is 0. The number of rotatable bonds is 4. The van der Waals surface area contributed by atoms with Gasteiger partial charge in [0.05, 0.1) is 0 Å². The lowest BCUT2D eigenvalue weighted by Crippen LogP contribution is -2.43. The summed E-state index contributed by atoms with van der Waals surface area (Å²) in [6, 6.07) is 0. The van der Waals surface area contributed by atoms with Gasteiger partial charge in [-0.25, -0.2) is 8.78 Å². The molecule has 1 aliphatic rings. The molecule has 0 aromatic heterocycles. The summed E-state index contributed by atoms with van der Waals surface area (Å²) in [5.41, 5.74) is 0. The third kappa shape index (κ3) is 2.89. The highest BCUT2D eigenvalue weighted by Gasteiger charge is 2.44. The van der Waals surface area contributed by atoms with Crippen molar-refractivity contribution in [3.05, 3.63) is 0 Å². The Kier molecular flexibility index (Phi) is 3.84. The number of halogens is 2. The molecule has 0 saturated heterocycles. The molecule has 0 aliphatic heterocycles. The second-order valence-corrected chi connectivity index (χ2v) is 3.63. The van der Waals surface area contributed by atoms with E-state index in [4.69, 9.17) is 9.47 Å². The van der Waals surface area contributed by atoms with Crippen LogP contribution in [0.15, 0.2) is 0 Å². The molecular weight excluding hydrogens is 190 g/mol. The molecule has 1 fully saturated rings. The van der Waals surface area contributed by atoms with Gasteiger partial charge < -0.3 is 9.47 Å². The van der Waals surface area contributed by atoms with Crippen LogP contribution in [0, 0.1) is 0 Å². The van der Waals surface area contributed by atoms with Crippen LogP contribution in [0.3, 0.4) is 0 Å². The van der Waals surface area contributed by atoms with Gasteiger partial charge in [-0.15, -0.1) is 0 Å². The Balaban J connectivity index is 2.54. The maximum atomic E-state index is 12.9. The highest BCUT2D eigenvalue weighted by Crippen LogP contribution is 2.40. The van der Waals surface area contributed by atoms with Crippen molar-refractivity contribution < 1.29 is 18.3 Å². The van der Waals surface area contributed by atoms with E-state index < -0.39 is 11.7 Å². The van der Waals surface area contributed by atoms with E-state index in [1.807, 2.05) is 13.8 Å². The van der Waals surface area contributed by atoms with E-state index in [2.05, 4.69) is 0 Å². The first-order valence-electron chi connectivity index (χ1n) is 5.19. The standard InChI is InChI=1S/C10H18F2O2/c1-3-13-10(14-4-2)7-5-9(11,12)6-8-10/h3-8H2,1-2H3. The number of alkyl halides is 2. The van der Waals surface area contributed by atoms with Gasteiger partial charge in [-0.05, 0) is 13.8 Å². The largest absolute Gasteiger partial charge is 0.350 e. The van der Waals surface area contributed by atoms with E-state index in [9.17, 15) is 8.78 Å². The van der Waals surface area contributed by atoms with Crippen LogP contribution in [0.2, 0.25) is 0 Å². The van der Waals surface area contributed by atoms with Crippen LogP contribution in [-0.2, 0) is 9.47 Å². The van der Waals surface area contributed by atoms with E-state index in [-0.39, 0.29) is 12.8 Å². The van der Waals surface area contributed by atoms with Crippen LogP contribution in [0.5, 0.6) is 0 Å². The Labute approximate surface area is 83.6 Å². The van der Waals surface area contributed by atoms with Crippen molar-refractivity contribution in [2.75, 3.05) is 13.2 Å². The Morgan fingerprint density at radius 1 is 0.929 bits per heavy atom. The molecule has 0 aromatic rings. The summed E-state index contributed by atoms with van der Waals surface area (Å²) in [5, 5.41) is 0. The molecule has 0 amide bonds. The molecule has 0 atom stereocenters. The van der Waals surface area contributed by atoms with Crippen LogP contribution in [0.25, 0.3) is 0 Å². The SMILES string of the molecule is CCOC1(OCC)CCC(F)(F)CC1. The van der Waals surface area contributed by atoms with Gasteiger partial charge in [0, 0.05) is 38.9 Å². The molecule has 0 radical (unpaired) electrons. The van der Waals surface area contributed by atoms with Crippen LogP contribution in [-0.4, -0.2) is 24.9 Å². The third-order valence-electron chi connectivity index (χ3n) is 2.56. The van der Waals surface area contributed by atoms with Crippen molar-refractivity contribution in [2.24, 2.45) is 0 Å². The third-order valence-corrected chi connectivity index (χ3v) is 2.56. The zero-order valence-electron chi connectivity index (χ0n) is 8.82. The van der Waals surface area contributed by atoms with Gasteiger partial charge in [-0.3, -0.25) is 0 Å². The zero-order chi connectivity index (χ0) is 10.7. The summed E-state index contributed by atoms with van der Waals surface area (Å²) in [4.78, 5) is 0. The van der Waals surface area contributed by atoms with Crippen molar-refractivity contribution >= 4 is 0 Å². The minimum atomic E-state index is -2.53. The van der Waals surface area contributed by atoms with Crippen molar-refractivity contribution in [3.8, 4) is 0 Å². The molecule has 0 unspecified atom stereocenters. The summed E-state index contributed by atoms with van der Waals surface area (Å²) in [5.74, 6) is -3.27. The Hall–Kier alpha value is -0.220. The molecule has 0 spiro atoms. The van der Waals surface area contributed by atoms with Gasteiger partial charge in [-0.1, -0.05) is 0 Å². The number of hydrogen-bond donors (Lipinski definition) is 0. The fourth-order valence-corrected chi connectivity index (χ4v) is 1.85. The fourth-order valence-electron chi connectivity index (χ4n) is 1.85. The van der Waals surface area contributed by atoms with Gasteiger partial charge in [0.2, 0.25) is 5.92 Å². The Morgan fingerprint density at radius 3 is 1.71 bits per heavy atom. The molecule has 1 rings (SSSR count). The minimum absolute atomic E-state index is 0.132. The first kappa shape index (κ1) is 11.9. The molecule has 1 aliphatic carbocycles. The lowest BCUT2D eigenvalue weighted by atomic mass is 9.91. The van der Waals surface area contributed by atoms with Crippen molar-refractivity contribution in [2.45, 2.75) is 51.2 Å². The Bertz CT molecular complexity index is 165. The summed E-state index contributed by atoms with van der Waals surface area (Å²) < 4.78 is 36.7. The van der Waals surface area contributed by atoms with Crippen LogP contribution < -0.4 is 0 Å². The lowest BCUT2D eigenvalue weighted by molar-refractivity contribution is -0.267. The van der Waals surface area contributed by atoms with E-state index in [0.717, 1.165) is 0 Å². The molecule has 0 heterocycles. The van der Waals surface area contributed by atoms with Gasteiger partial charge in [-0.2, -0.15) is 0 Å². The zero-order valence-corrected chi connectivity index (χ0v) is 8.82. The summed E-state index contributed by atoms with van der Waals surface area (Å²) in [6.07, 6.45) is 0.323. The summed E-state index contributed by atoms with van der Waals surface area (Å²) in [6.45, 7) is 4.72. The Morgan fingerprint density at radius 2 is 1.36 bits per heavy atom. The van der Waals surface area contributed by atoms with E-state index in [1.54, 1.807) is 0 Å². The van der Waals surface area contributed by atoms with Gasteiger partial charge in [0.1, 0.15) is 0 Å². The predicted octanol–water partition coefficient (Wildman–Crippen LogP) is 2.97. The molecular formula is C10H18F2O2. The van der Waals surface area contributed by atoms with Gasteiger partial charge in [0.25, 0.3) is 0 Å². The van der Waals surface area contributed by atoms with E-state index in [1.165, 1.54) is 0 Å². The molecule has 84 valence electrons. The van der Waals surface area contributed by atoms with Crippen molar-refractivity contribution in [1.29, 1.82) is 0 Å². The van der Waals surface area contributed by atoms with Crippen LogP contribution >= 0.6 is 0 Å². The first-order valence-corrected chi connectivity index (χ1v) is 5.19. The fraction of sp³-hybridized carbons (Fsp3) is 1.00. The average molecular weight is 208 g/mol. The average Bonchev–Trinajstić information content (AvgIpc) is 2.12. The van der Waals surface area contributed by atoms with Crippen LogP contribution in [0.4, 0.5) is 8.78 Å². The topological polar surface area (TPSA) is 18.5 Å². The molecule has 0 N–H and O–H groups in total. The number of hydrogen-bond acceptors (Lipinski definition) is 2. The molecule has 2 nitrogen and oxygen atoms in total. The maximum absolute atomic E-state index is 12.9. The maximum Gasteiger partial charge on any atom is 0.248 e. The van der Waals surface area contributed by atoms with Crippen LogP contribution in [0.1, 0.15) is 39.5 Å². The molecule has 0 aromatic carbocycles. The molecule has 0 bridgehead atoms. The van der Waals surface area contributed by atoms with E-state index >= 15 is 0 Å². The minimum Gasteiger partial charge on any atom is -0.350 e. The molecule has 1 saturated carbocycles. The molecule has 14 heavy (non-hydrogen) atoms. The highest BCUT2D eigenvalue weighted by molar-refractivity contribution is 4.84. The predicted molar refractivity (Wildman–Crippen MR) is 49.4 cm³/mol. The normalized spacial score (nSPS) is 24.9. The molecule has 4 heteroatoms. The van der Waals surface area contributed by atoms with E-state index in [0.29, 0.717) is 26.1 Å². The second-order valence-electron chi connectivity index (χ2n) is 3.63. The number of ether oxygens (including phenoxy) is 2. The first-order chi connectivity index (χ1) is 6.54. The highest BCUT2D eigenvalue weighted by atomic mass is 19.3. The van der Waals surface area contributed by atoms with Crippen molar-refractivity contribution in [3.63, 3.8) is 0 Å². The van der Waals surface area contributed by atoms with Crippen molar-refractivity contribution in [1.82, 2.24) is 0 Å². The quantitative estimate of drug-likeness (QED) is 0.661. The smallest absolute Gasteiger partial charge is 0.248 e. The lowest BCUT2D eigenvalue weighted by Gasteiger charge is -2.39. The second kappa shape index (κ2) is 4.53. The van der Waals surface area contributed by atoms with Gasteiger partial charge >= 0.3 is 0 Å². The summed E-state index contributed by atoms with van der Waals surface area (Å²) in [7, 11) is 0. The monoisotopic (exact) mass is 208 g/mol.